The highest BCUT2D eigenvalue weighted by Crippen LogP contribution is 2.15. The smallest absolute Gasteiger partial charge is 0.308 e. The monoisotopic (exact) mass is 371 g/mol. The number of carboxylic acid groups (broad SMARTS) is 1. The van der Waals surface area contributed by atoms with E-state index >= 15 is 0 Å². The maximum Gasteiger partial charge on any atom is 0.308 e. The maximum atomic E-state index is 12.7. The number of hydrogen-bond acceptors (Lipinski definition) is 5. The van der Waals surface area contributed by atoms with E-state index in [0.29, 0.717) is 25.3 Å². The van der Waals surface area contributed by atoms with Crippen molar-refractivity contribution in [3.05, 3.63) is 47.5 Å². The van der Waals surface area contributed by atoms with Gasteiger partial charge in [-0.1, -0.05) is 6.92 Å². The van der Waals surface area contributed by atoms with E-state index in [1.54, 1.807) is 17.3 Å². The van der Waals surface area contributed by atoms with Crippen LogP contribution in [0.15, 0.2) is 30.6 Å². The molecule has 2 N–H and O–H groups in total. The van der Waals surface area contributed by atoms with Gasteiger partial charge in [0.05, 0.1) is 12.5 Å². The molecule has 9 heteroatoms. The molecule has 1 aliphatic rings. The topological polar surface area (TPSA) is 117 Å². The van der Waals surface area contributed by atoms with Gasteiger partial charge in [0.2, 0.25) is 0 Å². The number of nitrogens with zero attached hydrogens (tertiary/aromatic N) is 4. The van der Waals surface area contributed by atoms with Crippen LogP contribution in [-0.2, 0) is 17.8 Å². The number of fused-ring (bicyclic) bond motifs is 1. The van der Waals surface area contributed by atoms with Crippen LogP contribution >= 0.6 is 0 Å². The van der Waals surface area contributed by atoms with E-state index in [2.05, 4.69) is 15.4 Å². The lowest BCUT2D eigenvalue weighted by Gasteiger charge is -2.27. The molecule has 0 aliphatic carbocycles. The third kappa shape index (κ3) is 4.30. The van der Waals surface area contributed by atoms with Crippen molar-refractivity contribution >= 4 is 17.8 Å². The Hall–Kier alpha value is -3.23. The minimum Gasteiger partial charge on any atom is -0.481 e. The summed E-state index contributed by atoms with van der Waals surface area (Å²) in [5.41, 5.74) is 1.59. The number of aromatic nitrogens is 3. The van der Waals surface area contributed by atoms with Crippen molar-refractivity contribution in [1.29, 1.82) is 0 Å². The number of hydrogen-bond donors (Lipinski definition) is 2. The molecular formula is C18H21N5O4. The molecule has 3 rings (SSSR count). The fourth-order valence-corrected chi connectivity index (χ4v) is 2.80. The van der Waals surface area contributed by atoms with Crippen LogP contribution < -0.4 is 5.32 Å². The highest BCUT2D eigenvalue weighted by atomic mass is 16.4. The summed E-state index contributed by atoms with van der Waals surface area (Å²) in [7, 11) is 0. The fourth-order valence-electron chi connectivity index (χ4n) is 2.80. The van der Waals surface area contributed by atoms with E-state index in [1.807, 2.05) is 12.1 Å². The third-order valence-corrected chi connectivity index (χ3v) is 4.51. The summed E-state index contributed by atoms with van der Waals surface area (Å²) in [6.45, 7) is 3.12. The van der Waals surface area contributed by atoms with Crippen molar-refractivity contribution in [3.63, 3.8) is 0 Å². The Morgan fingerprint density at radius 2 is 2.04 bits per heavy atom. The number of pyridine rings is 1. The quantitative estimate of drug-likeness (QED) is 0.729. The zero-order valence-electron chi connectivity index (χ0n) is 15.0. The maximum absolute atomic E-state index is 12.7. The summed E-state index contributed by atoms with van der Waals surface area (Å²) in [6.07, 6.45) is 4.17. The average molecular weight is 371 g/mol. The van der Waals surface area contributed by atoms with Gasteiger partial charge < -0.3 is 15.3 Å². The number of rotatable bonds is 7. The summed E-state index contributed by atoms with van der Waals surface area (Å²) >= 11 is 0. The highest BCUT2D eigenvalue weighted by Gasteiger charge is 2.27. The summed E-state index contributed by atoms with van der Waals surface area (Å²) in [6, 6.07) is 5.29. The number of carbonyl (C=O) groups excluding carboxylic acids is 2. The van der Waals surface area contributed by atoms with Crippen molar-refractivity contribution in [3.8, 4) is 0 Å². The van der Waals surface area contributed by atoms with Crippen LogP contribution in [0.3, 0.4) is 0 Å². The van der Waals surface area contributed by atoms with Crippen LogP contribution in [-0.4, -0.2) is 62.2 Å². The van der Waals surface area contributed by atoms with Crippen molar-refractivity contribution in [2.75, 3.05) is 19.6 Å². The lowest BCUT2D eigenvalue weighted by Crippen LogP contribution is -2.41. The minimum absolute atomic E-state index is 0.00235. The zero-order chi connectivity index (χ0) is 19.4. The first-order valence-electron chi connectivity index (χ1n) is 8.72. The number of nitrogens with one attached hydrogen (secondary N) is 1. The second-order valence-corrected chi connectivity index (χ2v) is 6.48. The van der Waals surface area contributed by atoms with E-state index in [0.717, 1.165) is 12.0 Å². The molecule has 0 bridgehead atoms. The standard InChI is InChI=1S/C18H21N5O4/c1-12(18(26)27)11-20-16(24)14-10-15-17(25)22(8-9-23(15)21-14)7-4-13-2-5-19-6-3-13/h2-3,5-6,10,12H,4,7-9,11H2,1H3,(H,20,24)(H,26,27)/t12-/m0/s1. The molecule has 1 aliphatic heterocycles. The largest absolute Gasteiger partial charge is 0.481 e. The van der Waals surface area contributed by atoms with Crippen LogP contribution in [0.2, 0.25) is 0 Å². The molecule has 3 heterocycles. The van der Waals surface area contributed by atoms with E-state index in [4.69, 9.17) is 5.11 Å². The van der Waals surface area contributed by atoms with Gasteiger partial charge in [-0.05, 0) is 24.1 Å². The Kier molecular flexibility index (Phi) is 5.49. The molecule has 1 atom stereocenters. The average Bonchev–Trinajstić information content (AvgIpc) is 3.11. The number of amides is 2. The Balaban J connectivity index is 1.62. The van der Waals surface area contributed by atoms with Gasteiger partial charge in [-0.15, -0.1) is 0 Å². The molecule has 0 saturated carbocycles. The molecule has 2 aromatic heterocycles. The van der Waals surface area contributed by atoms with Gasteiger partial charge >= 0.3 is 5.97 Å². The van der Waals surface area contributed by atoms with Crippen LogP contribution in [0.25, 0.3) is 0 Å². The summed E-state index contributed by atoms with van der Waals surface area (Å²) in [5.74, 6) is -2.34. The van der Waals surface area contributed by atoms with Crippen LogP contribution in [0.4, 0.5) is 0 Å². The van der Waals surface area contributed by atoms with Gasteiger partial charge in [-0.3, -0.25) is 24.0 Å². The van der Waals surface area contributed by atoms with Gasteiger partial charge in [0, 0.05) is 38.1 Å². The van der Waals surface area contributed by atoms with Crippen molar-refractivity contribution < 1.29 is 19.5 Å². The molecular weight excluding hydrogens is 350 g/mol. The van der Waals surface area contributed by atoms with Gasteiger partial charge in [0.15, 0.2) is 5.69 Å². The number of aliphatic carboxylic acids is 1. The molecule has 0 unspecified atom stereocenters. The predicted molar refractivity (Wildman–Crippen MR) is 95.2 cm³/mol. The molecule has 27 heavy (non-hydrogen) atoms. The molecule has 0 spiro atoms. The Bertz CT molecular complexity index is 849. The molecule has 2 aromatic rings. The summed E-state index contributed by atoms with van der Waals surface area (Å²) in [4.78, 5) is 41.4. The molecule has 0 radical (unpaired) electrons. The fraction of sp³-hybridized carbons (Fsp3) is 0.389. The first kappa shape index (κ1) is 18.6. The van der Waals surface area contributed by atoms with E-state index in [1.165, 1.54) is 17.7 Å². The minimum atomic E-state index is -0.987. The van der Waals surface area contributed by atoms with Gasteiger partial charge in [-0.2, -0.15) is 5.10 Å². The number of carbonyl (C=O) groups is 3. The predicted octanol–water partition coefficient (Wildman–Crippen LogP) is 0.427. The Labute approximate surface area is 156 Å². The van der Waals surface area contributed by atoms with Gasteiger partial charge in [0.25, 0.3) is 11.8 Å². The molecule has 9 nitrogen and oxygen atoms in total. The lowest BCUT2D eigenvalue weighted by molar-refractivity contribution is -0.140. The summed E-state index contributed by atoms with van der Waals surface area (Å²) in [5, 5.41) is 15.6. The molecule has 142 valence electrons. The van der Waals surface area contributed by atoms with Crippen LogP contribution in [0.5, 0.6) is 0 Å². The second-order valence-electron chi connectivity index (χ2n) is 6.48. The zero-order valence-corrected chi connectivity index (χ0v) is 15.0. The van der Waals surface area contributed by atoms with Crippen molar-refractivity contribution in [2.24, 2.45) is 5.92 Å². The number of carboxylic acids is 1. The van der Waals surface area contributed by atoms with E-state index < -0.39 is 17.8 Å². The van der Waals surface area contributed by atoms with E-state index in [-0.39, 0.29) is 18.1 Å². The van der Waals surface area contributed by atoms with Gasteiger partial charge in [0.1, 0.15) is 5.69 Å². The highest BCUT2D eigenvalue weighted by molar-refractivity contribution is 5.98. The normalized spacial score (nSPS) is 14.6. The molecule has 2 amide bonds. The Morgan fingerprint density at radius 1 is 1.30 bits per heavy atom. The molecule has 0 fully saturated rings. The van der Waals surface area contributed by atoms with Crippen molar-refractivity contribution in [1.82, 2.24) is 25.0 Å². The van der Waals surface area contributed by atoms with Gasteiger partial charge in [-0.25, -0.2) is 0 Å². The van der Waals surface area contributed by atoms with Crippen LogP contribution in [0.1, 0.15) is 33.5 Å². The third-order valence-electron chi connectivity index (χ3n) is 4.51. The first-order valence-corrected chi connectivity index (χ1v) is 8.72. The SMILES string of the molecule is C[C@@H](CNC(=O)c1cc2n(n1)CCN(CCc1ccncc1)C2=O)C(=O)O. The summed E-state index contributed by atoms with van der Waals surface area (Å²) < 4.78 is 1.53. The molecule has 0 saturated heterocycles. The Morgan fingerprint density at radius 3 is 2.74 bits per heavy atom. The van der Waals surface area contributed by atoms with Crippen LogP contribution in [0, 0.1) is 5.92 Å². The van der Waals surface area contributed by atoms with Crippen molar-refractivity contribution in [2.45, 2.75) is 19.9 Å². The van der Waals surface area contributed by atoms with E-state index in [9.17, 15) is 14.4 Å². The lowest BCUT2D eigenvalue weighted by atomic mass is 10.1. The first-order chi connectivity index (χ1) is 13.0. The molecule has 0 aromatic carbocycles. The second kappa shape index (κ2) is 7.98.